The van der Waals surface area contributed by atoms with Gasteiger partial charge in [-0.15, -0.1) is 0 Å². The van der Waals surface area contributed by atoms with Gasteiger partial charge >= 0.3 is 5.97 Å². The van der Waals surface area contributed by atoms with E-state index in [4.69, 9.17) is 16.0 Å². The van der Waals surface area contributed by atoms with Gasteiger partial charge in [0.05, 0.1) is 5.41 Å². The molecule has 2 aromatic carbocycles. The molecule has 0 aliphatic rings. The summed E-state index contributed by atoms with van der Waals surface area (Å²) in [5, 5.41) is 11.8. The van der Waals surface area contributed by atoms with Crippen molar-refractivity contribution in [2.45, 2.75) is 19.3 Å². The third-order valence-electron chi connectivity index (χ3n) is 3.69. The van der Waals surface area contributed by atoms with E-state index in [1.165, 1.54) is 0 Å². The molecule has 0 radical (unpaired) electrons. The second-order valence-corrected chi connectivity index (χ2v) is 5.82. The molecule has 0 unspecified atom stereocenters. The fraction of sp³-hybridized carbons (Fsp3) is 0.188. The molecule has 0 saturated carbocycles. The molecular formula is C16H13ClO3. The molecule has 102 valence electrons. The van der Waals surface area contributed by atoms with Crippen LogP contribution in [0.4, 0.5) is 0 Å². The molecule has 1 N–H and O–H groups in total. The van der Waals surface area contributed by atoms with Crippen molar-refractivity contribution < 1.29 is 14.3 Å². The number of carboxylic acid groups (broad SMARTS) is 1. The molecule has 0 atom stereocenters. The van der Waals surface area contributed by atoms with Crippen LogP contribution in [0.15, 0.2) is 40.8 Å². The van der Waals surface area contributed by atoms with Crippen molar-refractivity contribution in [3.63, 3.8) is 0 Å². The Labute approximate surface area is 120 Å². The van der Waals surface area contributed by atoms with Crippen molar-refractivity contribution in [1.82, 2.24) is 0 Å². The molecule has 1 aromatic heterocycles. The Hall–Kier alpha value is -2.00. The molecule has 4 heteroatoms. The minimum Gasteiger partial charge on any atom is -0.481 e. The Bertz CT molecular complexity index is 830. The van der Waals surface area contributed by atoms with Crippen LogP contribution in [-0.4, -0.2) is 11.1 Å². The molecule has 0 bridgehead atoms. The molecule has 0 amide bonds. The third-order valence-corrected chi connectivity index (χ3v) is 3.92. The average molecular weight is 289 g/mol. The summed E-state index contributed by atoms with van der Waals surface area (Å²) in [5.74, 6) is -0.865. The second-order valence-electron chi connectivity index (χ2n) is 5.38. The minimum atomic E-state index is -0.954. The van der Waals surface area contributed by atoms with Gasteiger partial charge < -0.3 is 9.52 Å². The molecule has 1 heterocycles. The summed E-state index contributed by atoms with van der Waals surface area (Å²) in [4.78, 5) is 11.3. The van der Waals surface area contributed by atoms with Gasteiger partial charge in [0.15, 0.2) is 0 Å². The van der Waals surface area contributed by atoms with Crippen LogP contribution in [0.25, 0.3) is 21.9 Å². The largest absolute Gasteiger partial charge is 0.481 e. The molecule has 3 aromatic rings. The number of carboxylic acids is 1. The summed E-state index contributed by atoms with van der Waals surface area (Å²) in [6.07, 6.45) is 0. The average Bonchev–Trinajstić information content (AvgIpc) is 2.75. The van der Waals surface area contributed by atoms with Crippen LogP contribution in [0.1, 0.15) is 19.4 Å². The minimum absolute atomic E-state index is 0.648. The lowest BCUT2D eigenvalue weighted by Gasteiger charge is -2.19. The van der Waals surface area contributed by atoms with Crippen molar-refractivity contribution in [2.24, 2.45) is 0 Å². The summed E-state index contributed by atoms with van der Waals surface area (Å²) in [5.41, 5.74) is 1.18. The lowest BCUT2D eigenvalue weighted by atomic mass is 9.84. The van der Waals surface area contributed by atoms with Crippen LogP contribution in [0, 0.1) is 0 Å². The predicted octanol–water partition coefficient (Wildman–Crippen LogP) is 4.60. The zero-order valence-corrected chi connectivity index (χ0v) is 11.9. The maximum absolute atomic E-state index is 11.3. The summed E-state index contributed by atoms with van der Waals surface area (Å²) in [6, 6.07) is 10.9. The van der Waals surface area contributed by atoms with E-state index in [9.17, 15) is 9.90 Å². The van der Waals surface area contributed by atoms with Gasteiger partial charge in [0, 0.05) is 15.8 Å². The van der Waals surface area contributed by atoms with Crippen LogP contribution in [0.2, 0.25) is 5.02 Å². The maximum atomic E-state index is 11.3. The first-order valence-electron chi connectivity index (χ1n) is 6.25. The number of halogens is 1. The SMILES string of the molecule is CC(C)(C(=O)O)c1ccc2c(c1)oc1ccc(Cl)cc12. The highest BCUT2D eigenvalue weighted by atomic mass is 35.5. The van der Waals surface area contributed by atoms with E-state index in [-0.39, 0.29) is 0 Å². The van der Waals surface area contributed by atoms with Gasteiger partial charge in [0.25, 0.3) is 0 Å². The van der Waals surface area contributed by atoms with Crippen LogP contribution < -0.4 is 0 Å². The van der Waals surface area contributed by atoms with E-state index < -0.39 is 11.4 Å². The van der Waals surface area contributed by atoms with Crippen molar-refractivity contribution in [3.8, 4) is 0 Å². The van der Waals surface area contributed by atoms with E-state index in [1.807, 2.05) is 24.3 Å². The van der Waals surface area contributed by atoms with E-state index in [0.717, 1.165) is 16.4 Å². The first-order valence-corrected chi connectivity index (χ1v) is 6.63. The molecule has 0 saturated heterocycles. The number of aliphatic carboxylic acids is 1. The highest BCUT2D eigenvalue weighted by Gasteiger charge is 2.30. The lowest BCUT2D eigenvalue weighted by molar-refractivity contribution is -0.142. The quantitative estimate of drug-likeness (QED) is 0.749. The number of hydrogen-bond donors (Lipinski definition) is 1. The monoisotopic (exact) mass is 288 g/mol. The zero-order valence-electron chi connectivity index (χ0n) is 11.1. The van der Waals surface area contributed by atoms with Crippen LogP contribution in [0.3, 0.4) is 0 Å². The lowest BCUT2D eigenvalue weighted by Crippen LogP contribution is -2.28. The van der Waals surface area contributed by atoms with Gasteiger partial charge in [-0.2, -0.15) is 0 Å². The standard InChI is InChI=1S/C16H13ClO3/c1-16(2,15(18)19)9-3-5-11-12-8-10(17)4-6-13(12)20-14(11)7-9/h3-8H,1-2H3,(H,18,19). The molecule has 0 fully saturated rings. The maximum Gasteiger partial charge on any atom is 0.313 e. The second kappa shape index (κ2) is 4.25. The van der Waals surface area contributed by atoms with E-state index in [0.29, 0.717) is 16.2 Å². The number of benzene rings is 2. The van der Waals surface area contributed by atoms with Gasteiger partial charge in [-0.25, -0.2) is 0 Å². The Balaban J connectivity index is 2.27. The number of rotatable bonds is 2. The normalized spacial score (nSPS) is 12.2. The Morgan fingerprint density at radius 1 is 1.10 bits per heavy atom. The summed E-state index contributed by atoms with van der Waals surface area (Å²) in [7, 11) is 0. The van der Waals surface area contributed by atoms with Crippen molar-refractivity contribution in [1.29, 1.82) is 0 Å². The van der Waals surface area contributed by atoms with Crippen molar-refractivity contribution in [3.05, 3.63) is 47.0 Å². The smallest absolute Gasteiger partial charge is 0.313 e. The molecule has 3 nitrogen and oxygen atoms in total. The molecule has 0 spiro atoms. The van der Waals surface area contributed by atoms with E-state index >= 15 is 0 Å². The predicted molar refractivity (Wildman–Crippen MR) is 79.4 cm³/mol. The van der Waals surface area contributed by atoms with Crippen molar-refractivity contribution >= 4 is 39.5 Å². The van der Waals surface area contributed by atoms with E-state index in [1.54, 1.807) is 26.0 Å². The third kappa shape index (κ3) is 1.86. The highest BCUT2D eigenvalue weighted by Crippen LogP contribution is 2.34. The van der Waals surface area contributed by atoms with Gasteiger partial charge in [-0.1, -0.05) is 23.7 Å². The highest BCUT2D eigenvalue weighted by molar-refractivity contribution is 6.31. The first kappa shape index (κ1) is 13.0. The van der Waals surface area contributed by atoms with Crippen LogP contribution in [-0.2, 0) is 10.2 Å². The van der Waals surface area contributed by atoms with Gasteiger partial charge in [0.2, 0.25) is 0 Å². The van der Waals surface area contributed by atoms with Crippen molar-refractivity contribution in [2.75, 3.05) is 0 Å². The fourth-order valence-corrected chi connectivity index (χ4v) is 2.43. The Kier molecular flexibility index (Phi) is 2.76. The van der Waals surface area contributed by atoms with E-state index in [2.05, 4.69) is 0 Å². The summed E-state index contributed by atoms with van der Waals surface area (Å²) >= 11 is 6.00. The number of fused-ring (bicyclic) bond motifs is 3. The first-order chi connectivity index (χ1) is 9.39. The topological polar surface area (TPSA) is 50.4 Å². The van der Waals surface area contributed by atoms with Gasteiger partial charge in [-0.3, -0.25) is 4.79 Å². The molecule has 3 rings (SSSR count). The van der Waals surface area contributed by atoms with Gasteiger partial charge in [-0.05, 0) is 43.7 Å². The summed E-state index contributed by atoms with van der Waals surface area (Å²) in [6.45, 7) is 3.35. The Morgan fingerprint density at radius 3 is 2.55 bits per heavy atom. The van der Waals surface area contributed by atoms with Crippen LogP contribution >= 0.6 is 11.6 Å². The molecule has 0 aliphatic carbocycles. The number of carbonyl (C=O) groups is 1. The summed E-state index contributed by atoms with van der Waals surface area (Å²) < 4.78 is 5.77. The fourth-order valence-electron chi connectivity index (χ4n) is 2.26. The number of furan rings is 1. The molecular weight excluding hydrogens is 276 g/mol. The molecule has 0 aliphatic heterocycles. The Morgan fingerprint density at radius 2 is 1.85 bits per heavy atom. The van der Waals surface area contributed by atoms with Gasteiger partial charge in [0.1, 0.15) is 11.2 Å². The zero-order chi connectivity index (χ0) is 14.5. The molecule has 20 heavy (non-hydrogen) atoms. The van der Waals surface area contributed by atoms with Crippen LogP contribution in [0.5, 0.6) is 0 Å². The number of hydrogen-bond acceptors (Lipinski definition) is 2.